The average Bonchev–Trinajstić information content (AvgIpc) is 2.12. The van der Waals surface area contributed by atoms with Gasteiger partial charge in [-0.25, -0.2) is 0 Å². The van der Waals surface area contributed by atoms with Gasteiger partial charge in [-0.2, -0.15) is 8.42 Å². The maximum Gasteiger partial charge on any atom is 0.261 e. The minimum atomic E-state index is -3.67. The van der Waals surface area contributed by atoms with E-state index in [1.54, 1.807) is 0 Å². The molecule has 5 heteroatoms. The Morgan fingerprint density at radius 1 is 1.27 bits per heavy atom. The summed E-state index contributed by atoms with van der Waals surface area (Å²) in [7, 11) is -1.67. The monoisotopic (exact) mass is 177 g/mol. The molecule has 0 saturated heterocycles. The molecule has 1 rings (SSSR count). The van der Waals surface area contributed by atoms with E-state index in [1.807, 2.05) is 36.1 Å². The molecule has 64 valence electrons. The summed E-state index contributed by atoms with van der Waals surface area (Å²) in [5, 5.41) is 0. The Hall–Kier alpha value is -0.810. The Balaban J connectivity index is 0.000000187. The summed E-state index contributed by atoms with van der Waals surface area (Å²) < 4.78 is 27.9. The minimum absolute atomic E-state index is 0.715. The maximum atomic E-state index is 9.19. The first kappa shape index (κ1) is 10.2. The molecule has 1 heterocycles. The zero-order chi connectivity index (χ0) is 8.91. The van der Waals surface area contributed by atoms with Crippen LogP contribution in [0.1, 0.15) is 0 Å². The van der Waals surface area contributed by atoms with Crippen LogP contribution < -0.4 is 0 Å². The van der Waals surface area contributed by atoms with Crippen molar-refractivity contribution in [3.05, 3.63) is 24.5 Å². The van der Waals surface area contributed by atoms with E-state index in [9.17, 15) is 8.42 Å². The zero-order valence-electron chi connectivity index (χ0n) is 6.43. The third kappa shape index (κ3) is 12.4. The largest absolute Gasteiger partial charge is 0.357 e. The molecule has 1 aromatic rings. The Kier molecular flexibility index (Phi) is 3.84. The molecule has 0 bridgehead atoms. The van der Waals surface area contributed by atoms with Crippen LogP contribution in [0.15, 0.2) is 24.5 Å². The molecule has 0 aliphatic heterocycles. The summed E-state index contributed by atoms with van der Waals surface area (Å²) in [4.78, 5) is 0. The summed E-state index contributed by atoms with van der Waals surface area (Å²) >= 11 is 0. The van der Waals surface area contributed by atoms with Gasteiger partial charge in [-0.1, -0.05) is 0 Å². The summed E-state index contributed by atoms with van der Waals surface area (Å²) in [5.74, 6) is 0. The van der Waals surface area contributed by atoms with Crippen molar-refractivity contribution >= 4 is 10.1 Å². The summed E-state index contributed by atoms with van der Waals surface area (Å²) in [6, 6.07) is 4.00. The molecule has 0 spiro atoms. The second kappa shape index (κ2) is 4.15. The van der Waals surface area contributed by atoms with Gasteiger partial charge < -0.3 is 4.57 Å². The minimum Gasteiger partial charge on any atom is -0.357 e. The normalized spacial score (nSPS) is 10.1. The lowest BCUT2D eigenvalue weighted by atomic mass is 10.7. The molecule has 1 N–H and O–H groups in total. The molecule has 0 aromatic carbocycles. The number of aryl methyl sites for hydroxylation is 1. The molecule has 0 atom stereocenters. The van der Waals surface area contributed by atoms with Gasteiger partial charge in [0.15, 0.2) is 0 Å². The Morgan fingerprint density at radius 2 is 1.55 bits per heavy atom. The fraction of sp³-hybridized carbons (Fsp3) is 0.333. The second-order valence-corrected chi connectivity index (χ2v) is 3.55. The van der Waals surface area contributed by atoms with Gasteiger partial charge in [0.1, 0.15) is 0 Å². The van der Waals surface area contributed by atoms with E-state index in [0.717, 1.165) is 0 Å². The van der Waals surface area contributed by atoms with Crippen LogP contribution in [-0.2, 0) is 17.2 Å². The topological polar surface area (TPSA) is 59.3 Å². The van der Waals surface area contributed by atoms with Crippen LogP contribution in [0.3, 0.4) is 0 Å². The molecule has 1 aromatic heterocycles. The van der Waals surface area contributed by atoms with E-state index < -0.39 is 10.1 Å². The third-order valence-electron chi connectivity index (χ3n) is 0.754. The third-order valence-corrected chi connectivity index (χ3v) is 0.754. The molecule has 4 nitrogen and oxygen atoms in total. The highest BCUT2D eigenvalue weighted by Crippen LogP contribution is 1.80. The van der Waals surface area contributed by atoms with Gasteiger partial charge in [0.05, 0.1) is 6.26 Å². The standard InChI is InChI=1S/C5H7N.CH4O3S/c1-6-4-2-3-5-6;1-5(2,3)4/h2-5H,1H3;1H3,(H,2,3,4). The Labute approximate surface area is 66.2 Å². The molecular weight excluding hydrogens is 166 g/mol. The molecule has 0 saturated carbocycles. The van der Waals surface area contributed by atoms with Gasteiger partial charge in [0, 0.05) is 19.4 Å². The van der Waals surface area contributed by atoms with Crippen LogP contribution in [0.25, 0.3) is 0 Å². The summed E-state index contributed by atoms with van der Waals surface area (Å²) in [5.41, 5.74) is 0. The van der Waals surface area contributed by atoms with Crippen LogP contribution in [0.2, 0.25) is 0 Å². The van der Waals surface area contributed by atoms with Crippen molar-refractivity contribution in [3.8, 4) is 0 Å². The maximum absolute atomic E-state index is 9.19. The lowest BCUT2D eigenvalue weighted by Crippen LogP contribution is -1.88. The van der Waals surface area contributed by atoms with E-state index >= 15 is 0 Å². The average molecular weight is 177 g/mol. The van der Waals surface area contributed by atoms with Gasteiger partial charge in [-0.15, -0.1) is 0 Å². The van der Waals surface area contributed by atoms with E-state index in [1.165, 1.54) is 0 Å². The molecule has 0 aliphatic rings. The predicted octanol–water partition coefficient (Wildman–Crippen LogP) is 0.529. The van der Waals surface area contributed by atoms with Gasteiger partial charge in [-0.05, 0) is 12.1 Å². The van der Waals surface area contributed by atoms with Crippen molar-refractivity contribution in [2.24, 2.45) is 7.05 Å². The fourth-order valence-corrected chi connectivity index (χ4v) is 0.421. The molecule has 0 aliphatic carbocycles. The van der Waals surface area contributed by atoms with Crippen molar-refractivity contribution in [1.82, 2.24) is 4.57 Å². The number of nitrogens with zero attached hydrogens (tertiary/aromatic N) is 1. The van der Waals surface area contributed by atoms with E-state index in [4.69, 9.17) is 4.55 Å². The van der Waals surface area contributed by atoms with Gasteiger partial charge in [-0.3, -0.25) is 4.55 Å². The smallest absolute Gasteiger partial charge is 0.261 e. The fourth-order valence-electron chi connectivity index (χ4n) is 0.421. The van der Waals surface area contributed by atoms with E-state index in [2.05, 4.69) is 0 Å². The van der Waals surface area contributed by atoms with Crippen LogP contribution in [-0.4, -0.2) is 23.8 Å². The predicted molar refractivity (Wildman–Crippen MR) is 42.9 cm³/mol. The van der Waals surface area contributed by atoms with Crippen molar-refractivity contribution in [1.29, 1.82) is 0 Å². The van der Waals surface area contributed by atoms with Crippen LogP contribution in [0, 0.1) is 0 Å². The number of aromatic nitrogens is 1. The van der Waals surface area contributed by atoms with Crippen LogP contribution in [0.5, 0.6) is 0 Å². The first-order valence-electron chi connectivity index (χ1n) is 2.89. The number of hydrogen-bond acceptors (Lipinski definition) is 2. The molecule has 0 amide bonds. The SMILES string of the molecule is CS(=O)(=O)O.Cn1cccc1. The molecule has 0 unspecified atom stereocenters. The van der Waals surface area contributed by atoms with Gasteiger partial charge in [0.2, 0.25) is 0 Å². The van der Waals surface area contributed by atoms with Crippen molar-refractivity contribution < 1.29 is 13.0 Å². The van der Waals surface area contributed by atoms with E-state index in [-0.39, 0.29) is 0 Å². The van der Waals surface area contributed by atoms with Gasteiger partial charge in [0.25, 0.3) is 10.1 Å². The highest BCUT2D eigenvalue weighted by atomic mass is 32.2. The second-order valence-electron chi connectivity index (χ2n) is 2.08. The Morgan fingerprint density at radius 3 is 1.64 bits per heavy atom. The molecule has 0 radical (unpaired) electrons. The summed E-state index contributed by atoms with van der Waals surface area (Å²) in [6.45, 7) is 0. The lowest BCUT2D eigenvalue weighted by molar-refractivity contribution is 0.490. The highest BCUT2D eigenvalue weighted by Gasteiger charge is 1.81. The van der Waals surface area contributed by atoms with Crippen LogP contribution in [0.4, 0.5) is 0 Å². The summed E-state index contributed by atoms with van der Waals surface area (Å²) in [6.07, 6.45) is 4.72. The van der Waals surface area contributed by atoms with E-state index in [0.29, 0.717) is 6.26 Å². The lowest BCUT2D eigenvalue weighted by Gasteiger charge is -1.79. The molecule has 0 fully saturated rings. The zero-order valence-corrected chi connectivity index (χ0v) is 7.25. The van der Waals surface area contributed by atoms with Crippen LogP contribution >= 0.6 is 0 Å². The first-order valence-corrected chi connectivity index (χ1v) is 4.74. The Bertz CT molecular complexity index is 267. The first-order chi connectivity index (χ1) is 4.89. The number of rotatable bonds is 0. The van der Waals surface area contributed by atoms with Gasteiger partial charge >= 0.3 is 0 Å². The molecule has 11 heavy (non-hydrogen) atoms. The van der Waals surface area contributed by atoms with Crippen molar-refractivity contribution in [3.63, 3.8) is 0 Å². The highest BCUT2D eigenvalue weighted by molar-refractivity contribution is 7.85. The van der Waals surface area contributed by atoms with Crippen molar-refractivity contribution in [2.75, 3.05) is 6.26 Å². The molecular formula is C6H11NO3S. The quantitative estimate of drug-likeness (QED) is 0.588. The number of hydrogen-bond donors (Lipinski definition) is 1. The van der Waals surface area contributed by atoms with Crippen molar-refractivity contribution in [2.45, 2.75) is 0 Å².